The van der Waals surface area contributed by atoms with Crippen LogP contribution in [0.2, 0.25) is 0 Å². The summed E-state index contributed by atoms with van der Waals surface area (Å²) in [6.07, 6.45) is 1.81. The minimum Gasteiger partial charge on any atom is -0.504 e. The van der Waals surface area contributed by atoms with Crippen molar-refractivity contribution >= 4 is 6.21 Å². The van der Waals surface area contributed by atoms with Crippen molar-refractivity contribution in [1.82, 2.24) is 0 Å². The number of phenols is 1. The fourth-order valence-corrected chi connectivity index (χ4v) is 2.01. The molecule has 2 rings (SSSR count). The van der Waals surface area contributed by atoms with Gasteiger partial charge in [-0.2, -0.15) is 0 Å². The van der Waals surface area contributed by atoms with Crippen LogP contribution in [0.5, 0.6) is 11.5 Å². The molecule has 0 aliphatic heterocycles. The molecule has 2 aromatic carbocycles. The third-order valence-electron chi connectivity index (χ3n) is 3.29. The first-order valence-corrected chi connectivity index (χ1v) is 7.15. The fraction of sp³-hybridized carbons (Fsp3) is 0.278. The van der Waals surface area contributed by atoms with Crippen molar-refractivity contribution in [3.63, 3.8) is 0 Å². The highest BCUT2D eigenvalue weighted by molar-refractivity contribution is 5.81. The van der Waals surface area contributed by atoms with Crippen LogP contribution < -0.4 is 4.74 Å². The van der Waals surface area contributed by atoms with E-state index in [1.54, 1.807) is 12.1 Å². The molecule has 0 radical (unpaired) electrons. The molecule has 0 bridgehead atoms. The summed E-state index contributed by atoms with van der Waals surface area (Å²) in [5.74, 6) is 0.644. The average Bonchev–Trinajstić information content (AvgIpc) is 2.48. The van der Waals surface area contributed by atoms with Crippen molar-refractivity contribution in [3.05, 3.63) is 59.2 Å². The number of aromatic hydroxyl groups is 1. The lowest BCUT2D eigenvalue weighted by Gasteiger charge is -2.08. The van der Waals surface area contributed by atoms with Gasteiger partial charge in [0.25, 0.3) is 0 Å². The lowest BCUT2D eigenvalue weighted by atomic mass is 10.1. The molecule has 110 valence electrons. The standard InChI is InChI=1S/C18H21NO2/c1-4-21-18-11-15(7-10-17(18)20)12-19-14(3)16-8-5-13(2)6-9-16/h5-12,14,20H,4H2,1-3H3/t14-/m1/s1. The van der Waals surface area contributed by atoms with Crippen LogP contribution in [0.3, 0.4) is 0 Å². The Kier molecular flexibility index (Phi) is 4.99. The number of benzene rings is 2. The molecule has 0 spiro atoms. The van der Waals surface area contributed by atoms with Gasteiger partial charge >= 0.3 is 0 Å². The van der Waals surface area contributed by atoms with Crippen molar-refractivity contribution in [1.29, 1.82) is 0 Å². The Bertz CT molecular complexity index is 618. The summed E-state index contributed by atoms with van der Waals surface area (Å²) in [7, 11) is 0. The van der Waals surface area contributed by atoms with Gasteiger partial charge in [0.2, 0.25) is 0 Å². The molecule has 1 atom stereocenters. The molecule has 3 heteroatoms. The maximum Gasteiger partial charge on any atom is 0.161 e. The van der Waals surface area contributed by atoms with Crippen LogP contribution in [0, 0.1) is 6.92 Å². The van der Waals surface area contributed by atoms with Crippen molar-refractivity contribution < 1.29 is 9.84 Å². The maximum atomic E-state index is 9.68. The summed E-state index contributed by atoms with van der Waals surface area (Å²) in [5, 5.41) is 9.68. The number of phenolic OH excluding ortho intramolecular Hbond substituents is 1. The van der Waals surface area contributed by atoms with Crippen LogP contribution in [0.25, 0.3) is 0 Å². The van der Waals surface area contributed by atoms with E-state index in [1.165, 1.54) is 11.1 Å². The van der Waals surface area contributed by atoms with Crippen molar-refractivity contribution in [3.8, 4) is 11.5 Å². The average molecular weight is 283 g/mol. The van der Waals surface area contributed by atoms with E-state index in [1.807, 2.05) is 19.2 Å². The highest BCUT2D eigenvalue weighted by Gasteiger charge is 2.04. The van der Waals surface area contributed by atoms with Crippen LogP contribution in [0.4, 0.5) is 0 Å². The number of aliphatic imine (C=N–C) groups is 1. The van der Waals surface area contributed by atoms with Crippen LogP contribution in [0.15, 0.2) is 47.5 Å². The highest BCUT2D eigenvalue weighted by atomic mass is 16.5. The molecule has 1 N–H and O–H groups in total. The summed E-state index contributed by atoms with van der Waals surface area (Å²) in [6.45, 7) is 6.54. The van der Waals surface area contributed by atoms with E-state index >= 15 is 0 Å². The number of hydrogen-bond acceptors (Lipinski definition) is 3. The van der Waals surface area contributed by atoms with Gasteiger partial charge < -0.3 is 9.84 Å². The predicted octanol–water partition coefficient (Wildman–Crippen LogP) is 4.28. The Morgan fingerprint density at radius 1 is 1.19 bits per heavy atom. The lowest BCUT2D eigenvalue weighted by Crippen LogP contribution is -1.94. The van der Waals surface area contributed by atoms with E-state index in [0.29, 0.717) is 12.4 Å². The zero-order valence-electron chi connectivity index (χ0n) is 12.7. The minimum absolute atomic E-state index is 0.0925. The Labute approximate surface area is 125 Å². The van der Waals surface area contributed by atoms with Crippen molar-refractivity contribution in [2.75, 3.05) is 6.61 Å². The third kappa shape index (κ3) is 4.09. The Morgan fingerprint density at radius 3 is 2.57 bits per heavy atom. The Hall–Kier alpha value is -2.29. The number of aryl methyl sites for hydroxylation is 1. The quantitative estimate of drug-likeness (QED) is 0.832. The molecule has 0 aromatic heterocycles. The maximum absolute atomic E-state index is 9.68. The van der Waals surface area contributed by atoms with Gasteiger partial charge in [0, 0.05) is 6.21 Å². The van der Waals surface area contributed by atoms with E-state index in [9.17, 15) is 5.11 Å². The Balaban J connectivity index is 2.13. The molecule has 0 amide bonds. The van der Waals surface area contributed by atoms with Crippen LogP contribution in [0.1, 0.15) is 36.6 Å². The number of hydrogen-bond donors (Lipinski definition) is 1. The third-order valence-corrected chi connectivity index (χ3v) is 3.29. The van der Waals surface area contributed by atoms with Gasteiger partial charge in [-0.3, -0.25) is 4.99 Å². The normalized spacial score (nSPS) is 12.5. The summed E-state index contributed by atoms with van der Waals surface area (Å²) in [5.41, 5.74) is 3.34. The molecule has 0 aliphatic carbocycles. The van der Waals surface area contributed by atoms with Gasteiger partial charge in [-0.05, 0) is 50.1 Å². The number of rotatable bonds is 5. The molecule has 0 aliphatic rings. The van der Waals surface area contributed by atoms with Gasteiger partial charge in [0.1, 0.15) is 0 Å². The molecule has 0 unspecified atom stereocenters. The summed E-state index contributed by atoms with van der Waals surface area (Å²) in [4.78, 5) is 4.56. The molecule has 3 nitrogen and oxygen atoms in total. The fourth-order valence-electron chi connectivity index (χ4n) is 2.01. The monoisotopic (exact) mass is 283 g/mol. The molecule has 0 fully saturated rings. The second-order valence-corrected chi connectivity index (χ2v) is 5.03. The summed E-state index contributed by atoms with van der Waals surface area (Å²) >= 11 is 0. The first kappa shape index (κ1) is 15.1. The molecular formula is C18H21NO2. The van der Waals surface area contributed by atoms with E-state index < -0.39 is 0 Å². The van der Waals surface area contributed by atoms with Gasteiger partial charge in [0.05, 0.1) is 12.6 Å². The minimum atomic E-state index is 0.0925. The first-order chi connectivity index (χ1) is 10.1. The SMILES string of the molecule is CCOc1cc(C=N[C@H](C)c2ccc(C)cc2)ccc1O. The first-order valence-electron chi connectivity index (χ1n) is 7.15. The smallest absolute Gasteiger partial charge is 0.161 e. The molecule has 0 saturated carbocycles. The van der Waals surface area contributed by atoms with E-state index in [4.69, 9.17) is 4.74 Å². The van der Waals surface area contributed by atoms with Gasteiger partial charge in [-0.15, -0.1) is 0 Å². The lowest BCUT2D eigenvalue weighted by molar-refractivity contribution is 0.318. The molecule has 21 heavy (non-hydrogen) atoms. The topological polar surface area (TPSA) is 41.8 Å². The highest BCUT2D eigenvalue weighted by Crippen LogP contribution is 2.26. The zero-order valence-corrected chi connectivity index (χ0v) is 12.7. The van der Waals surface area contributed by atoms with Crippen LogP contribution in [-0.2, 0) is 0 Å². The van der Waals surface area contributed by atoms with Crippen molar-refractivity contribution in [2.24, 2.45) is 4.99 Å². The molecule has 2 aromatic rings. The van der Waals surface area contributed by atoms with Gasteiger partial charge in [0.15, 0.2) is 11.5 Å². The molecular weight excluding hydrogens is 262 g/mol. The second-order valence-electron chi connectivity index (χ2n) is 5.03. The van der Waals surface area contributed by atoms with Crippen LogP contribution in [-0.4, -0.2) is 17.9 Å². The number of ether oxygens (including phenoxy) is 1. The predicted molar refractivity (Wildman–Crippen MR) is 86.5 cm³/mol. The zero-order chi connectivity index (χ0) is 15.2. The van der Waals surface area contributed by atoms with E-state index in [2.05, 4.69) is 43.1 Å². The van der Waals surface area contributed by atoms with Crippen molar-refractivity contribution in [2.45, 2.75) is 26.8 Å². The molecule has 0 heterocycles. The molecule has 0 saturated heterocycles. The largest absolute Gasteiger partial charge is 0.504 e. The van der Waals surface area contributed by atoms with E-state index in [0.717, 1.165) is 5.56 Å². The van der Waals surface area contributed by atoms with Gasteiger partial charge in [-0.25, -0.2) is 0 Å². The summed E-state index contributed by atoms with van der Waals surface area (Å²) < 4.78 is 5.37. The second kappa shape index (κ2) is 6.93. The number of nitrogens with zero attached hydrogens (tertiary/aromatic N) is 1. The van der Waals surface area contributed by atoms with E-state index in [-0.39, 0.29) is 11.8 Å². The van der Waals surface area contributed by atoms with Crippen LogP contribution >= 0.6 is 0 Å². The summed E-state index contributed by atoms with van der Waals surface area (Å²) in [6, 6.07) is 13.7. The van der Waals surface area contributed by atoms with Gasteiger partial charge in [-0.1, -0.05) is 29.8 Å². The Morgan fingerprint density at radius 2 is 1.90 bits per heavy atom.